The molecule has 0 aliphatic carbocycles. The summed E-state index contributed by atoms with van der Waals surface area (Å²) in [6, 6.07) is 10.8. The number of sulfone groups is 1. The van der Waals surface area contributed by atoms with E-state index in [4.69, 9.17) is 16.3 Å². The van der Waals surface area contributed by atoms with Crippen molar-refractivity contribution in [2.45, 2.75) is 6.04 Å². The van der Waals surface area contributed by atoms with E-state index in [1.54, 1.807) is 30.3 Å². The van der Waals surface area contributed by atoms with Gasteiger partial charge in [-0.2, -0.15) is 0 Å². The minimum atomic E-state index is -3.36. The molecule has 1 atom stereocenters. The van der Waals surface area contributed by atoms with Crippen molar-refractivity contribution in [1.82, 2.24) is 4.98 Å². The molecule has 0 fully saturated rings. The third kappa shape index (κ3) is 4.72. The van der Waals surface area contributed by atoms with Crippen LogP contribution in [0.1, 0.15) is 10.4 Å². The van der Waals surface area contributed by atoms with Gasteiger partial charge in [0.1, 0.15) is 5.15 Å². The van der Waals surface area contributed by atoms with Crippen LogP contribution < -0.4 is 4.90 Å². The van der Waals surface area contributed by atoms with Gasteiger partial charge in [-0.1, -0.05) is 29.8 Å². The van der Waals surface area contributed by atoms with Crippen molar-refractivity contribution in [3.8, 4) is 0 Å². The van der Waals surface area contributed by atoms with E-state index in [0.29, 0.717) is 5.69 Å². The number of carbonyl (C=O) groups is 2. The number of benzene rings is 1. The average molecular weight is 407 g/mol. The normalized spacial score (nSPS) is 17.4. The van der Waals surface area contributed by atoms with Crippen molar-refractivity contribution < 1.29 is 22.7 Å². The Morgan fingerprint density at radius 1 is 1.19 bits per heavy atom. The molecule has 1 aromatic heterocycles. The molecule has 27 heavy (non-hydrogen) atoms. The van der Waals surface area contributed by atoms with E-state index < -0.39 is 34.4 Å². The van der Waals surface area contributed by atoms with E-state index in [1.165, 1.54) is 29.3 Å². The Labute approximate surface area is 161 Å². The number of pyridine rings is 1. The first kappa shape index (κ1) is 19.1. The lowest BCUT2D eigenvalue weighted by Gasteiger charge is -2.27. The smallest absolute Gasteiger partial charge is 0.340 e. The highest BCUT2D eigenvalue weighted by atomic mass is 35.5. The molecule has 3 rings (SSSR count). The fraction of sp³-hybridized carbons (Fsp3) is 0.167. The SMILES string of the molecule is O=C(OCC(=O)N(c1ccccc1)[C@@H]1C=CS(=O)(=O)C1)c1ccc(Cl)nc1. The lowest BCUT2D eigenvalue weighted by molar-refractivity contribution is -0.121. The van der Waals surface area contributed by atoms with Crippen molar-refractivity contribution >= 4 is 39.0 Å². The van der Waals surface area contributed by atoms with Crippen molar-refractivity contribution in [3.63, 3.8) is 0 Å². The molecule has 0 spiro atoms. The van der Waals surface area contributed by atoms with Gasteiger partial charge in [-0.05, 0) is 30.3 Å². The number of hydrogen-bond acceptors (Lipinski definition) is 6. The Bertz CT molecular complexity index is 975. The number of hydrogen-bond donors (Lipinski definition) is 0. The number of esters is 1. The predicted octanol–water partition coefficient (Wildman–Crippen LogP) is 2.24. The maximum atomic E-state index is 12.7. The first-order valence-electron chi connectivity index (χ1n) is 7.92. The summed E-state index contributed by atoms with van der Waals surface area (Å²) >= 11 is 5.67. The van der Waals surface area contributed by atoms with Crippen LogP contribution in [0.3, 0.4) is 0 Å². The van der Waals surface area contributed by atoms with Crippen LogP contribution in [0.15, 0.2) is 60.1 Å². The van der Waals surface area contributed by atoms with E-state index in [-0.39, 0.29) is 16.5 Å². The van der Waals surface area contributed by atoms with E-state index >= 15 is 0 Å². The van der Waals surface area contributed by atoms with Crippen LogP contribution in [0.25, 0.3) is 0 Å². The maximum absolute atomic E-state index is 12.7. The summed E-state index contributed by atoms with van der Waals surface area (Å²) in [5, 5.41) is 1.32. The summed E-state index contributed by atoms with van der Waals surface area (Å²) in [6.07, 6.45) is 2.70. The first-order valence-corrected chi connectivity index (χ1v) is 10.0. The number of aromatic nitrogens is 1. The van der Waals surface area contributed by atoms with Crippen LogP contribution in [0, 0.1) is 0 Å². The fourth-order valence-corrected chi connectivity index (χ4v) is 3.99. The van der Waals surface area contributed by atoms with Gasteiger partial charge in [0, 0.05) is 17.3 Å². The highest BCUT2D eigenvalue weighted by Gasteiger charge is 2.31. The molecule has 0 unspecified atom stereocenters. The van der Waals surface area contributed by atoms with Gasteiger partial charge in [0.2, 0.25) is 0 Å². The van der Waals surface area contributed by atoms with E-state index in [9.17, 15) is 18.0 Å². The van der Waals surface area contributed by atoms with Crippen LogP contribution in [0.2, 0.25) is 5.15 Å². The summed E-state index contributed by atoms with van der Waals surface area (Å²) in [5.41, 5.74) is 0.667. The lowest BCUT2D eigenvalue weighted by Crippen LogP contribution is -2.43. The highest BCUT2D eigenvalue weighted by Crippen LogP contribution is 2.23. The number of halogens is 1. The second-order valence-corrected chi connectivity index (χ2v) is 8.09. The van der Waals surface area contributed by atoms with Crippen molar-refractivity contribution in [1.29, 1.82) is 0 Å². The molecule has 1 aliphatic rings. The summed E-state index contributed by atoms with van der Waals surface area (Å²) in [6.45, 7) is -0.541. The van der Waals surface area contributed by atoms with Crippen LogP contribution in [-0.4, -0.2) is 43.7 Å². The summed E-state index contributed by atoms with van der Waals surface area (Å²) in [5.74, 6) is -1.48. The highest BCUT2D eigenvalue weighted by molar-refractivity contribution is 7.94. The van der Waals surface area contributed by atoms with E-state index in [0.717, 1.165) is 5.41 Å². The molecule has 1 aliphatic heterocycles. The molecule has 140 valence electrons. The minimum absolute atomic E-state index is 0.154. The molecular formula is C18H15ClN2O5S. The van der Waals surface area contributed by atoms with Crippen LogP contribution in [0.4, 0.5) is 5.69 Å². The monoisotopic (exact) mass is 406 g/mol. The second kappa shape index (κ2) is 7.89. The Hall–Kier alpha value is -2.71. The molecule has 1 aromatic carbocycles. The number of amides is 1. The van der Waals surface area contributed by atoms with Gasteiger partial charge in [-0.15, -0.1) is 0 Å². The third-order valence-corrected chi connectivity index (χ3v) is 5.44. The Morgan fingerprint density at radius 3 is 2.52 bits per heavy atom. The molecule has 9 heteroatoms. The van der Waals surface area contributed by atoms with Gasteiger partial charge in [0.15, 0.2) is 16.4 Å². The van der Waals surface area contributed by atoms with Gasteiger partial charge < -0.3 is 9.64 Å². The molecule has 0 bridgehead atoms. The molecule has 0 saturated heterocycles. The molecule has 0 radical (unpaired) electrons. The van der Waals surface area contributed by atoms with E-state index in [1.807, 2.05) is 0 Å². The van der Waals surface area contributed by atoms with Crippen LogP contribution >= 0.6 is 11.6 Å². The molecule has 2 aromatic rings. The average Bonchev–Trinajstić information content (AvgIpc) is 3.00. The summed E-state index contributed by atoms with van der Waals surface area (Å²) in [4.78, 5) is 29.9. The number of para-hydroxylation sites is 1. The molecule has 0 saturated carbocycles. The Morgan fingerprint density at radius 2 is 1.93 bits per heavy atom. The van der Waals surface area contributed by atoms with Crippen molar-refractivity contribution in [2.75, 3.05) is 17.3 Å². The topological polar surface area (TPSA) is 93.6 Å². The van der Waals surface area contributed by atoms with Gasteiger partial charge in [0.05, 0.1) is 17.4 Å². The van der Waals surface area contributed by atoms with Crippen LogP contribution in [-0.2, 0) is 19.4 Å². The first-order chi connectivity index (χ1) is 12.9. The Kier molecular flexibility index (Phi) is 5.57. The van der Waals surface area contributed by atoms with Crippen LogP contribution in [0.5, 0.6) is 0 Å². The predicted molar refractivity (Wildman–Crippen MR) is 100 cm³/mol. The van der Waals surface area contributed by atoms with Gasteiger partial charge in [-0.25, -0.2) is 18.2 Å². The molecule has 2 heterocycles. The minimum Gasteiger partial charge on any atom is -0.452 e. The van der Waals surface area contributed by atoms with Gasteiger partial charge >= 0.3 is 5.97 Å². The number of rotatable bonds is 5. The molecular weight excluding hydrogens is 392 g/mol. The number of ether oxygens (including phenoxy) is 1. The summed E-state index contributed by atoms with van der Waals surface area (Å²) in [7, 11) is -3.36. The molecule has 7 nitrogen and oxygen atoms in total. The quantitative estimate of drug-likeness (QED) is 0.558. The second-order valence-electron chi connectivity index (χ2n) is 5.77. The Balaban J connectivity index is 1.74. The molecule has 1 amide bonds. The summed E-state index contributed by atoms with van der Waals surface area (Å²) < 4.78 is 28.6. The maximum Gasteiger partial charge on any atom is 0.340 e. The van der Waals surface area contributed by atoms with E-state index in [2.05, 4.69) is 4.98 Å². The largest absolute Gasteiger partial charge is 0.452 e. The number of carbonyl (C=O) groups excluding carboxylic acids is 2. The van der Waals surface area contributed by atoms with Crippen molar-refractivity contribution in [2.24, 2.45) is 0 Å². The van der Waals surface area contributed by atoms with Gasteiger partial charge in [-0.3, -0.25) is 4.79 Å². The van der Waals surface area contributed by atoms with Gasteiger partial charge in [0.25, 0.3) is 5.91 Å². The number of anilines is 1. The lowest BCUT2D eigenvalue weighted by atomic mass is 10.2. The molecule has 0 N–H and O–H groups in total. The zero-order chi connectivity index (χ0) is 19.4. The number of nitrogens with zero attached hydrogens (tertiary/aromatic N) is 2. The zero-order valence-electron chi connectivity index (χ0n) is 14.0. The fourth-order valence-electron chi connectivity index (χ4n) is 2.61. The third-order valence-electron chi connectivity index (χ3n) is 3.84. The standard InChI is InChI=1S/C18H15ClN2O5S/c19-16-7-6-13(10-20-16)18(23)26-11-17(22)21(14-4-2-1-3-5-14)15-8-9-27(24,25)12-15/h1-10,15H,11-12H2/t15-/m1/s1. The zero-order valence-corrected chi connectivity index (χ0v) is 15.6. The van der Waals surface area contributed by atoms with Crippen molar-refractivity contribution in [3.05, 3.63) is 70.9 Å².